The highest BCUT2D eigenvalue weighted by atomic mass is 14.5. The molecule has 28 heavy (non-hydrogen) atoms. The zero-order valence-electron chi connectivity index (χ0n) is 17.8. The van der Waals surface area contributed by atoms with E-state index in [2.05, 4.69) is 19.1 Å². The number of hydrogen-bond acceptors (Lipinski definition) is 0. The summed E-state index contributed by atoms with van der Waals surface area (Å²) < 4.78 is 0. The first kappa shape index (κ1) is 17.0. The molecule has 6 aliphatic carbocycles. The van der Waals surface area contributed by atoms with E-state index in [0.717, 1.165) is 53.3 Å². The Balaban J connectivity index is 1.37. The summed E-state index contributed by atoms with van der Waals surface area (Å²) in [5.41, 5.74) is 7.45. The van der Waals surface area contributed by atoms with Crippen LogP contribution in [0.3, 0.4) is 0 Å². The van der Waals surface area contributed by atoms with Gasteiger partial charge in [0.25, 0.3) is 0 Å². The summed E-state index contributed by atoms with van der Waals surface area (Å²) in [7, 11) is 0. The van der Waals surface area contributed by atoms with E-state index in [9.17, 15) is 0 Å². The molecule has 1 aromatic rings. The second-order valence-electron chi connectivity index (χ2n) is 12.1. The van der Waals surface area contributed by atoms with Crippen molar-refractivity contribution in [2.45, 2.75) is 102 Å². The first-order chi connectivity index (χ1) is 13.7. The largest absolute Gasteiger partial charge is 0.0587 e. The maximum Gasteiger partial charge on any atom is -0.0125 e. The Labute approximate surface area is 171 Å². The van der Waals surface area contributed by atoms with Crippen LogP contribution >= 0.6 is 0 Å². The van der Waals surface area contributed by atoms with Crippen LogP contribution in [-0.4, -0.2) is 0 Å². The maximum atomic E-state index is 2.65. The lowest BCUT2D eigenvalue weighted by Gasteiger charge is -2.36. The molecule has 0 radical (unpaired) electrons. The predicted molar refractivity (Wildman–Crippen MR) is 116 cm³/mol. The summed E-state index contributed by atoms with van der Waals surface area (Å²) in [4.78, 5) is 0. The molecule has 0 unspecified atom stereocenters. The van der Waals surface area contributed by atoms with E-state index in [1.165, 1.54) is 51.4 Å². The maximum absolute atomic E-state index is 2.65. The number of fused-ring (bicyclic) bond motifs is 6. The Morgan fingerprint density at radius 2 is 1.04 bits per heavy atom. The summed E-state index contributed by atoms with van der Waals surface area (Å²) in [6.45, 7) is 2.47. The topological polar surface area (TPSA) is 0 Å². The highest BCUT2D eigenvalue weighted by Gasteiger charge is 2.48. The van der Waals surface area contributed by atoms with Gasteiger partial charge in [0, 0.05) is 0 Å². The number of rotatable bonds is 3. The molecular weight excluding hydrogens is 336 g/mol. The van der Waals surface area contributed by atoms with Crippen molar-refractivity contribution in [2.75, 3.05) is 0 Å². The minimum Gasteiger partial charge on any atom is -0.0587 e. The van der Waals surface area contributed by atoms with Gasteiger partial charge in [0.05, 0.1) is 0 Å². The second kappa shape index (κ2) is 6.12. The van der Waals surface area contributed by atoms with E-state index in [4.69, 9.17) is 0 Å². The summed E-state index contributed by atoms with van der Waals surface area (Å²) in [6, 6.07) is 5.22. The molecule has 1 aromatic carbocycles. The summed E-state index contributed by atoms with van der Waals surface area (Å²) in [5.74, 6) is 9.05. The van der Waals surface area contributed by atoms with Gasteiger partial charge in [0.15, 0.2) is 0 Å². The Bertz CT molecular complexity index is 789. The van der Waals surface area contributed by atoms with Crippen molar-refractivity contribution in [1.82, 2.24) is 0 Å². The van der Waals surface area contributed by atoms with Gasteiger partial charge in [0.2, 0.25) is 0 Å². The number of benzene rings is 1. The molecule has 0 aliphatic heterocycles. The number of hydrogen-bond donors (Lipinski definition) is 0. The van der Waals surface area contributed by atoms with Crippen LogP contribution in [0.5, 0.6) is 0 Å². The molecule has 6 fully saturated rings. The molecule has 150 valence electrons. The van der Waals surface area contributed by atoms with E-state index in [1.54, 1.807) is 31.2 Å². The quantitative estimate of drug-likeness (QED) is 0.508. The van der Waals surface area contributed by atoms with Crippen LogP contribution < -0.4 is 0 Å². The van der Waals surface area contributed by atoms with Crippen LogP contribution in [0.15, 0.2) is 12.1 Å². The minimum absolute atomic E-state index is 0.922. The van der Waals surface area contributed by atoms with E-state index in [1.807, 2.05) is 16.7 Å². The lowest BCUT2D eigenvalue weighted by Crippen LogP contribution is -2.21. The molecule has 0 N–H and O–H groups in total. The standard InChI is InChI=1S/C28H38/c1-16-2-9-23(24-13-17-3-6-20(24)10-17)28(26-15-19-5-8-22(26)12-19)27(16)25-14-18-4-7-21(25)11-18/h2,9,17-22,24-26H,3-8,10-15H2,1H3/t17-,18-,19-,20+,21+,22+,24+,25+,26+/m1/s1. The fourth-order valence-corrected chi connectivity index (χ4v) is 9.81. The van der Waals surface area contributed by atoms with Gasteiger partial charge in [-0.15, -0.1) is 0 Å². The molecule has 7 rings (SSSR count). The second-order valence-corrected chi connectivity index (χ2v) is 12.1. The summed E-state index contributed by atoms with van der Waals surface area (Å²) in [5, 5.41) is 0. The van der Waals surface area contributed by atoms with Gasteiger partial charge < -0.3 is 0 Å². The Morgan fingerprint density at radius 1 is 0.536 bits per heavy atom. The van der Waals surface area contributed by atoms with Gasteiger partial charge in [-0.05, 0) is 140 Å². The van der Waals surface area contributed by atoms with E-state index in [-0.39, 0.29) is 0 Å². The van der Waals surface area contributed by atoms with Crippen LogP contribution in [0.2, 0.25) is 0 Å². The average Bonchev–Trinajstić information content (AvgIpc) is 3.54. The third-order valence-corrected chi connectivity index (χ3v) is 10.9. The molecule has 6 bridgehead atoms. The van der Waals surface area contributed by atoms with Crippen molar-refractivity contribution >= 4 is 0 Å². The number of aryl methyl sites for hydroxylation is 1. The lowest BCUT2D eigenvalue weighted by atomic mass is 9.69. The van der Waals surface area contributed by atoms with Gasteiger partial charge in [-0.25, -0.2) is 0 Å². The van der Waals surface area contributed by atoms with E-state index < -0.39 is 0 Å². The molecule has 9 atom stereocenters. The molecular formula is C28H38. The molecule has 6 aliphatic rings. The van der Waals surface area contributed by atoms with Crippen LogP contribution in [0.1, 0.15) is 117 Å². The van der Waals surface area contributed by atoms with Gasteiger partial charge in [-0.3, -0.25) is 0 Å². The molecule has 0 heteroatoms. The van der Waals surface area contributed by atoms with Crippen molar-refractivity contribution in [1.29, 1.82) is 0 Å². The molecule has 6 saturated carbocycles. The SMILES string of the molecule is Cc1ccc([C@H]2C[C@@H]3CC[C@H]2C3)c([C@H]2C[C@@H]3CC[C@H]2C3)c1[C@H]1C[C@@H]2CC[C@H]1C2. The Morgan fingerprint density at radius 3 is 1.50 bits per heavy atom. The first-order valence-electron chi connectivity index (χ1n) is 12.9. The molecule has 0 nitrogen and oxygen atoms in total. The van der Waals surface area contributed by atoms with Crippen molar-refractivity contribution in [2.24, 2.45) is 35.5 Å². The highest BCUT2D eigenvalue weighted by Crippen LogP contribution is 2.61. The third-order valence-electron chi connectivity index (χ3n) is 10.9. The molecule has 0 heterocycles. The lowest BCUT2D eigenvalue weighted by molar-refractivity contribution is 0.379. The van der Waals surface area contributed by atoms with Crippen LogP contribution in [0.25, 0.3) is 0 Å². The first-order valence-corrected chi connectivity index (χ1v) is 12.9. The summed E-state index contributed by atoms with van der Waals surface area (Å²) >= 11 is 0. The molecule has 0 spiro atoms. The fourth-order valence-electron chi connectivity index (χ4n) is 9.81. The normalized spacial score (nSPS) is 48.2. The van der Waals surface area contributed by atoms with Crippen molar-refractivity contribution in [3.8, 4) is 0 Å². The average molecular weight is 375 g/mol. The highest BCUT2D eigenvalue weighted by molar-refractivity contribution is 5.49. The van der Waals surface area contributed by atoms with Crippen molar-refractivity contribution < 1.29 is 0 Å². The van der Waals surface area contributed by atoms with Crippen LogP contribution in [-0.2, 0) is 0 Å². The van der Waals surface area contributed by atoms with Gasteiger partial charge in [0.1, 0.15) is 0 Å². The van der Waals surface area contributed by atoms with Crippen LogP contribution in [0, 0.1) is 42.4 Å². The van der Waals surface area contributed by atoms with Crippen LogP contribution in [0.4, 0.5) is 0 Å². The molecule has 0 aromatic heterocycles. The van der Waals surface area contributed by atoms with Gasteiger partial charge >= 0.3 is 0 Å². The Hall–Kier alpha value is -0.780. The fraction of sp³-hybridized carbons (Fsp3) is 0.786. The van der Waals surface area contributed by atoms with Crippen molar-refractivity contribution in [3.63, 3.8) is 0 Å². The zero-order chi connectivity index (χ0) is 18.4. The predicted octanol–water partition coefficient (Wildman–Crippen LogP) is 7.71. The van der Waals surface area contributed by atoms with Crippen molar-refractivity contribution in [3.05, 3.63) is 34.4 Å². The van der Waals surface area contributed by atoms with Gasteiger partial charge in [-0.2, -0.15) is 0 Å². The summed E-state index contributed by atoms with van der Waals surface area (Å²) in [6.07, 6.45) is 18.5. The minimum atomic E-state index is 0.922. The monoisotopic (exact) mass is 374 g/mol. The third kappa shape index (κ3) is 2.36. The van der Waals surface area contributed by atoms with E-state index in [0.29, 0.717) is 0 Å². The zero-order valence-corrected chi connectivity index (χ0v) is 17.8. The smallest absolute Gasteiger partial charge is 0.0125 e. The molecule has 0 saturated heterocycles. The van der Waals surface area contributed by atoms with Gasteiger partial charge in [-0.1, -0.05) is 31.4 Å². The Kier molecular flexibility index (Phi) is 3.70. The van der Waals surface area contributed by atoms with E-state index >= 15 is 0 Å². The molecule has 0 amide bonds.